The smallest absolute Gasteiger partial charge is 0.276 e. The standard InChI is InChI=1S/C22H26N4O4/c27-19-2-1-5-23-20(19)22(29)25-11-15-10-17(14-25)18-4-3-16(21(28)26(18)12-15)13-24-6-8-30-9-7-24/h1-5,15,17,27H,6-14H2/t15-,17+/m0/s1. The zero-order valence-corrected chi connectivity index (χ0v) is 16.9. The highest BCUT2D eigenvalue weighted by atomic mass is 16.5. The summed E-state index contributed by atoms with van der Waals surface area (Å²) in [6, 6.07) is 7.10. The van der Waals surface area contributed by atoms with Gasteiger partial charge in [-0.05, 0) is 30.5 Å². The summed E-state index contributed by atoms with van der Waals surface area (Å²) in [6.45, 7) is 5.52. The third kappa shape index (κ3) is 3.50. The van der Waals surface area contributed by atoms with Crippen LogP contribution in [0.1, 0.15) is 34.1 Å². The molecule has 0 unspecified atom stereocenters. The van der Waals surface area contributed by atoms with Crippen LogP contribution in [0.25, 0.3) is 0 Å². The van der Waals surface area contributed by atoms with Crippen molar-refractivity contribution in [2.75, 3.05) is 39.4 Å². The number of hydrogen-bond acceptors (Lipinski definition) is 6. The molecule has 2 saturated heterocycles. The number of carbonyl (C=O) groups is 1. The highest BCUT2D eigenvalue weighted by molar-refractivity contribution is 5.94. The van der Waals surface area contributed by atoms with Gasteiger partial charge in [-0.1, -0.05) is 6.07 Å². The molecule has 8 heteroatoms. The quantitative estimate of drug-likeness (QED) is 0.814. The number of piperidine rings is 1. The van der Waals surface area contributed by atoms with Crippen molar-refractivity contribution in [3.63, 3.8) is 0 Å². The van der Waals surface area contributed by atoms with Crippen molar-refractivity contribution < 1.29 is 14.6 Å². The minimum Gasteiger partial charge on any atom is -0.505 e. The van der Waals surface area contributed by atoms with Crippen LogP contribution in [-0.2, 0) is 17.8 Å². The maximum atomic E-state index is 13.2. The number of amides is 1. The molecule has 0 aliphatic carbocycles. The van der Waals surface area contributed by atoms with Gasteiger partial charge in [0.1, 0.15) is 5.75 Å². The van der Waals surface area contributed by atoms with E-state index in [0.29, 0.717) is 39.4 Å². The molecule has 2 atom stereocenters. The highest BCUT2D eigenvalue weighted by Gasteiger charge is 2.37. The second kappa shape index (κ2) is 7.85. The topological polar surface area (TPSA) is 87.9 Å². The number of morpholine rings is 1. The Bertz CT molecular complexity index is 1010. The number of hydrogen-bond donors (Lipinski definition) is 1. The van der Waals surface area contributed by atoms with E-state index in [2.05, 4.69) is 16.0 Å². The fourth-order valence-electron chi connectivity index (χ4n) is 4.99. The molecule has 8 nitrogen and oxygen atoms in total. The summed E-state index contributed by atoms with van der Waals surface area (Å²) in [7, 11) is 0. The number of likely N-dealkylation sites (tertiary alicyclic amines) is 1. The van der Waals surface area contributed by atoms with E-state index in [1.807, 2.05) is 10.6 Å². The molecule has 0 saturated carbocycles. The molecule has 3 aliphatic rings. The minimum absolute atomic E-state index is 0.0933. The van der Waals surface area contributed by atoms with Crippen LogP contribution in [0, 0.1) is 5.92 Å². The van der Waals surface area contributed by atoms with E-state index in [4.69, 9.17) is 4.74 Å². The third-order valence-electron chi connectivity index (χ3n) is 6.46. The number of ether oxygens (including phenoxy) is 1. The molecule has 158 valence electrons. The van der Waals surface area contributed by atoms with Crippen molar-refractivity contribution in [3.8, 4) is 5.75 Å². The zero-order chi connectivity index (χ0) is 20.7. The molecule has 3 aliphatic heterocycles. The molecule has 5 heterocycles. The van der Waals surface area contributed by atoms with Gasteiger partial charge in [0, 0.05) is 62.6 Å². The van der Waals surface area contributed by atoms with Gasteiger partial charge >= 0.3 is 0 Å². The van der Waals surface area contributed by atoms with Crippen LogP contribution < -0.4 is 5.56 Å². The van der Waals surface area contributed by atoms with Gasteiger partial charge in [0.05, 0.1) is 13.2 Å². The monoisotopic (exact) mass is 410 g/mol. The van der Waals surface area contributed by atoms with E-state index in [1.54, 1.807) is 11.0 Å². The van der Waals surface area contributed by atoms with Crippen LogP contribution in [0.4, 0.5) is 0 Å². The second-order valence-electron chi connectivity index (χ2n) is 8.47. The van der Waals surface area contributed by atoms with E-state index in [1.165, 1.54) is 12.3 Å². The summed E-state index contributed by atoms with van der Waals surface area (Å²) in [4.78, 5) is 34.2. The molecule has 0 radical (unpaired) electrons. The number of aromatic nitrogens is 2. The number of pyridine rings is 2. The lowest BCUT2D eigenvalue weighted by Gasteiger charge is -2.42. The molecule has 2 bridgehead atoms. The van der Waals surface area contributed by atoms with Gasteiger partial charge in [-0.25, -0.2) is 4.98 Å². The fraction of sp³-hybridized carbons (Fsp3) is 0.500. The number of carbonyl (C=O) groups excluding carboxylic acids is 1. The molecule has 30 heavy (non-hydrogen) atoms. The van der Waals surface area contributed by atoms with Crippen LogP contribution >= 0.6 is 0 Å². The Morgan fingerprint density at radius 1 is 1.17 bits per heavy atom. The first-order chi connectivity index (χ1) is 14.6. The molecular weight excluding hydrogens is 384 g/mol. The van der Waals surface area contributed by atoms with Crippen molar-refractivity contribution in [2.24, 2.45) is 5.92 Å². The van der Waals surface area contributed by atoms with Crippen molar-refractivity contribution in [3.05, 3.63) is 57.8 Å². The van der Waals surface area contributed by atoms with Crippen LogP contribution in [-0.4, -0.2) is 69.8 Å². The lowest BCUT2D eigenvalue weighted by Crippen LogP contribution is -2.49. The number of aromatic hydroxyl groups is 1. The molecule has 0 aromatic carbocycles. The van der Waals surface area contributed by atoms with E-state index in [0.717, 1.165) is 30.8 Å². The highest BCUT2D eigenvalue weighted by Crippen LogP contribution is 2.36. The predicted molar refractivity (Wildman–Crippen MR) is 109 cm³/mol. The molecule has 2 fully saturated rings. The normalized spacial score (nSPS) is 23.8. The third-order valence-corrected chi connectivity index (χ3v) is 6.46. The first kappa shape index (κ1) is 19.3. The minimum atomic E-state index is -0.248. The predicted octanol–water partition coefficient (Wildman–Crippen LogP) is 1.04. The van der Waals surface area contributed by atoms with Crippen molar-refractivity contribution in [1.29, 1.82) is 0 Å². The lowest BCUT2D eigenvalue weighted by atomic mass is 9.82. The maximum absolute atomic E-state index is 13.2. The van der Waals surface area contributed by atoms with Crippen molar-refractivity contribution >= 4 is 5.91 Å². The second-order valence-corrected chi connectivity index (χ2v) is 8.47. The van der Waals surface area contributed by atoms with E-state index in [-0.39, 0.29) is 34.7 Å². The van der Waals surface area contributed by atoms with Crippen LogP contribution in [0.15, 0.2) is 35.3 Å². The molecular formula is C22H26N4O4. The fourth-order valence-corrected chi connectivity index (χ4v) is 4.99. The molecule has 5 rings (SSSR count). The van der Waals surface area contributed by atoms with E-state index < -0.39 is 0 Å². The van der Waals surface area contributed by atoms with Crippen molar-refractivity contribution in [2.45, 2.75) is 25.4 Å². The van der Waals surface area contributed by atoms with Gasteiger partial charge in [0.2, 0.25) is 0 Å². The average molecular weight is 410 g/mol. The van der Waals surface area contributed by atoms with Gasteiger partial charge < -0.3 is 19.3 Å². The summed E-state index contributed by atoms with van der Waals surface area (Å²) in [5.74, 6) is 0.00461. The van der Waals surface area contributed by atoms with E-state index >= 15 is 0 Å². The Labute approximate surface area is 174 Å². The van der Waals surface area contributed by atoms with Crippen LogP contribution in [0.3, 0.4) is 0 Å². The maximum Gasteiger partial charge on any atom is 0.276 e. The SMILES string of the molecule is O=C(c1ncccc1O)N1C[C@@H]2C[C@H](C1)c1ccc(CN3CCOCC3)c(=O)n1C2. The van der Waals surface area contributed by atoms with Crippen LogP contribution in [0.5, 0.6) is 5.75 Å². The summed E-state index contributed by atoms with van der Waals surface area (Å²) >= 11 is 0. The Morgan fingerprint density at radius 3 is 2.80 bits per heavy atom. The summed E-state index contributed by atoms with van der Waals surface area (Å²) in [5, 5.41) is 10.0. The van der Waals surface area contributed by atoms with Gasteiger partial charge in [0.15, 0.2) is 5.69 Å². The number of nitrogens with zero attached hydrogens (tertiary/aromatic N) is 4. The van der Waals surface area contributed by atoms with Gasteiger partial charge in [0.25, 0.3) is 11.5 Å². The Kier molecular flexibility index (Phi) is 5.04. The largest absolute Gasteiger partial charge is 0.505 e. The first-order valence-electron chi connectivity index (χ1n) is 10.6. The Balaban J connectivity index is 1.38. The zero-order valence-electron chi connectivity index (χ0n) is 16.9. The lowest BCUT2D eigenvalue weighted by molar-refractivity contribution is 0.0338. The van der Waals surface area contributed by atoms with Gasteiger partial charge in [-0.15, -0.1) is 0 Å². The molecule has 2 aromatic heterocycles. The van der Waals surface area contributed by atoms with Crippen LogP contribution in [0.2, 0.25) is 0 Å². The average Bonchev–Trinajstić information content (AvgIpc) is 2.76. The van der Waals surface area contributed by atoms with E-state index in [9.17, 15) is 14.7 Å². The molecule has 2 aromatic rings. The number of rotatable bonds is 3. The van der Waals surface area contributed by atoms with Gasteiger partial charge in [-0.3, -0.25) is 14.5 Å². The summed E-state index contributed by atoms with van der Waals surface area (Å²) in [5.41, 5.74) is 2.02. The molecule has 0 spiro atoms. The summed E-state index contributed by atoms with van der Waals surface area (Å²) in [6.07, 6.45) is 2.49. The summed E-state index contributed by atoms with van der Waals surface area (Å²) < 4.78 is 7.33. The molecule has 1 amide bonds. The number of fused-ring (bicyclic) bond motifs is 4. The Morgan fingerprint density at radius 2 is 2.00 bits per heavy atom. The Hall–Kier alpha value is -2.71. The first-order valence-corrected chi connectivity index (χ1v) is 10.6. The van der Waals surface area contributed by atoms with Crippen molar-refractivity contribution in [1.82, 2.24) is 19.4 Å². The molecule has 1 N–H and O–H groups in total. The van der Waals surface area contributed by atoms with Gasteiger partial charge in [-0.2, -0.15) is 0 Å².